The zero-order valence-electron chi connectivity index (χ0n) is 14.3. The predicted molar refractivity (Wildman–Crippen MR) is 106 cm³/mol. The van der Waals surface area contributed by atoms with Gasteiger partial charge in [0.2, 0.25) is 5.88 Å². The van der Waals surface area contributed by atoms with Crippen molar-refractivity contribution < 1.29 is 9.47 Å². The minimum atomic E-state index is 0.371. The molecule has 0 unspecified atom stereocenters. The molecule has 0 N–H and O–H groups in total. The summed E-state index contributed by atoms with van der Waals surface area (Å²) in [6, 6.07) is 5.16. The molecule has 2 heterocycles. The Morgan fingerprint density at radius 3 is 2.88 bits per heavy atom. The fourth-order valence-electron chi connectivity index (χ4n) is 3.24. The van der Waals surface area contributed by atoms with E-state index in [1.165, 1.54) is 16.9 Å². The third kappa shape index (κ3) is 3.61. The molecule has 1 atom stereocenters. The number of ether oxygens (including phenoxy) is 2. The Morgan fingerprint density at radius 2 is 2.04 bits per heavy atom. The fraction of sp³-hybridized carbons (Fsp3) is 0.368. The lowest BCUT2D eigenvalue weighted by molar-refractivity contribution is 0.213. The highest BCUT2D eigenvalue weighted by Gasteiger charge is 2.23. The molecule has 0 fully saturated rings. The molecule has 1 aliphatic rings. The van der Waals surface area contributed by atoms with Crippen molar-refractivity contribution >= 4 is 44.8 Å². The van der Waals surface area contributed by atoms with Gasteiger partial charge >= 0.3 is 0 Å². The number of fused-ring (bicyclic) bond motifs is 3. The molecule has 3 aromatic rings. The zero-order valence-corrected chi connectivity index (χ0v) is 16.6. The Balaban J connectivity index is 1.46. The molecule has 0 aliphatic heterocycles. The number of aromatic nitrogens is 2. The molecule has 1 aromatic carbocycles. The van der Waals surface area contributed by atoms with Crippen LogP contribution in [0.1, 0.15) is 23.8 Å². The van der Waals surface area contributed by atoms with Crippen LogP contribution < -0.4 is 9.47 Å². The molecule has 0 spiro atoms. The van der Waals surface area contributed by atoms with Gasteiger partial charge in [-0.1, -0.05) is 30.1 Å². The summed E-state index contributed by atoms with van der Waals surface area (Å²) in [4.78, 5) is 11.2. The molecule has 136 valence electrons. The first-order chi connectivity index (χ1) is 12.6. The first kappa shape index (κ1) is 17.8. The van der Waals surface area contributed by atoms with Crippen molar-refractivity contribution in [3.63, 3.8) is 0 Å². The van der Waals surface area contributed by atoms with Crippen LogP contribution in [0.4, 0.5) is 0 Å². The van der Waals surface area contributed by atoms with Crippen LogP contribution in [0.3, 0.4) is 0 Å². The van der Waals surface area contributed by atoms with Gasteiger partial charge in [0.1, 0.15) is 30.1 Å². The zero-order chi connectivity index (χ0) is 18.1. The Hall–Kier alpha value is -1.56. The van der Waals surface area contributed by atoms with E-state index in [1.807, 2.05) is 0 Å². The molecule has 7 heteroatoms. The van der Waals surface area contributed by atoms with E-state index in [0.717, 1.165) is 29.0 Å². The number of halogens is 2. The highest BCUT2D eigenvalue weighted by Crippen LogP contribution is 2.40. The maximum absolute atomic E-state index is 6.11. The van der Waals surface area contributed by atoms with Gasteiger partial charge in [0.15, 0.2) is 0 Å². The molecular formula is C19H18Cl2N2O2S. The molecule has 1 aliphatic carbocycles. The molecular weight excluding hydrogens is 391 g/mol. The van der Waals surface area contributed by atoms with E-state index in [1.54, 1.807) is 35.9 Å². The Morgan fingerprint density at radius 1 is 1.19 bits per heavy atom. The quantitative estimate of drug-likeness (QED) is 0.516. The van der Waals surface area contributed by atoms with Crippen LogP contribution >= 0.6 is 34.5 Å². The lowest BCUT2D eigenvalue weighted by Gasteiger charge is -2.18. The standard InChI is InChI=1S/C19H18Cl2N2O2S/c1-11-2-4-13-16(8-11)26-19-17(13)18(22-10-23-19)25-7-6-24-15-5-3-12(20)9-14(15)21/h3,5,9-11H,2,4,6-8H2,1H3/t11-/m1/s1. The number of hydrogen-bond acceptors (Lipinski definition) is 5. The highest BCUT2D eigenvalue weighted by atomic mass is 35.5. The number of nitrogens with zero attached hydrogens (tertiary/aromatic N) is 2. The van der Waals surface area contributed by atoms with Crippen LogP contribution in [0.25, 0.3) is 10.2 Å². The van der Waals surface area contributed by atoms with Crippen molar-refractivity contribution in [3.05, 3.63) is 45.0 Å². The third-order valence-corrected chi connectivity index (χ3v) is 6.22. The average Bonchev–Trinajstić information content (AvgIpc) is 2.98. The smallest absolute Gasteiger partial charge is 0.225 e. The van der Waals surface area contributed by atoms with Crippen molar-refractivity contribution in [2.24, 2.45) is 5.92 Å². The van der Waals surface area contributed by atoms with Crippen molar-refractivity contribution in [2.75, 3.05) is 13.2 Å². The minimum absolute atomic E-state index is 0.371. The van der Waals surface area contributed by atoms with Gasteiger partial charge in [-0.2, -0.15) is 0 Å². The maximum atomic E-state index is 6.11. The van der Waals surface area contributed by atoms with Gasteiger partial charge in [0.05, 0.1) is 10.4 Å². The summed E-state index contributed by atoms with van der Waals surface area (Å²) >= 11 is 13.8. The molecule has 26 heavy (non-hydrogen) atoms. The van der Waals surface area contributed by atoms with E-state index < -0.39 is 0 Å². The summed E-state index contributed by atoms with van der Waals surface area (Å²) in [5.74, 6) is 1.97. The van der Waals surface area contributed by atoms with Crippen molar-refractivity contribution in [3.8, 4) is 11.6 Å². The Bertz CT molecular complexity index is 945. The molecule has 0 saturated heterocycles. The van der Waals surface area contributed by atoms with E-state index in [2.05, 4.69) is 16.9 Å². The maximum Gasteiger partial charge on any atom is 0.225 e. The van der Waals surface area contributed by atoms with Gasteiger partial charge < -0.3 is 9.47 Å². The second kappa shape index (κ2) is 7.59. The van der Waals surface area contributed by atoms with E-state index in [-0.39, 0.29) is 0 Å². The van der Waals surface area contributed by atoms with Gasteiger partial charge in [0, 0.05) is 9.90 Å². The number of benzene rings is 1. The average molecular weight is 409 g/mol. The van der Waals surface area contributed by atoms with Crippen LogP contribution in [0, 0.1) is 5.92 Å². The van der Waals surface area contributed by atoms with Gasteiger partial charge in [-0.3, -0.25) is 0 Å². The van der Waals surface area contributed by atoms with Crippen LogP contribution in [-0.2, 0) is 12.8 Å². The second-order valence-electron chi connectivity index (χ2n) is 6.48. The topological polar surface area (TPSA) is 44.2 Å². The summed E-state index contributed by atoms with van der Waals surface area (Å²) in [5.41, 5.74) is 1.36. The van der Waals surface area contributed by atoms with E-state index in [4.69, 9.17) is 32.7 Å². The Kier molecular flexibility index (Phi) is 5.20. The number of hydrogen-bond donors (Lipinski definition) is 0. The molecule has 0 saturated carbocycles. The summed E-state index contributed by atoms with van der Waals surface area (Å²) in [5, 5.41) is 2.14. The van der Waals surface area contributed by atoms with Crippen LogP contribution in [0.5, 0.6) is 11.6 Å². The van der Waals surface area contributed by atoms with Crippen molar-refractivity contribution in [1.29, 1.82) is 0 Å². The molecule has 2 aromatic heterocycles. The van der Waals surface area contributed by atoms with Gasteiger partial charge in [-0.25, -0.2) is 9.97 Å². The van der Waals surface area contributed by atoms with Crippen molar-refractivity contribution in [1.82, 2.24) is 9.97 Å². The lowest BCUT2D eigenvalue weighted by Crippen LogP contribution is -2.11. The summed E-state index contributed by atoms with van der Waals surface area (Å²) < 4.78 is 11.6. The number of rotatable bonds is 5. The lowest BCUT2D eigenvalue weighted by atomic mass is 9.89. The second-order valence-corrected chi connectivity index (χ2v) is 8.41. The highest BCUT2D eigenvalue weighted by molar-refractivity contribution is 7.18. The van der Waals surface area contributed by atoms with Crippen LogP contribution in [0.15, 0.2) is 24.5 Å². The van der Waals surface area contributed by atoms with E-state index in [9.17, 15) is 0 Å². The van der Waals surface area contributed by atoms with Crippen LogP contribution in [0.2, 0.25) is 10.0 Å². The largest absolute Gasteiger partial charge is 0.488 e. The summed E-state index contributed by atoms with van der Waals surface area (Å²) in [7, 11) is 0. The van der Waals surface area contributed by atoms with Crippen LogP contribution in [-0.4, -0.2) is 23.2 Å². The fourth-order valence-corrected chi connectivity index (χ4v) is 5.04. The predicted octanol–water partition coefficient (Wildman–Crippen LogP) is 5.58. The van der Waals surface area contributed by atoms with Gasteiger partial charge in [0.25, 0.3) is 0 Å². The molecule has 4 rings (SSSR count). The van der Waals surface area contributed by atoms with Gasteiger partial charge in [-0.05, 0) is 48.9 Å². The number of aryl methyl sites for hydroxylation is 1. The van der Waals surface area contributed by atoms with E-state index in [0.29, 0.717) is 34.9 Å². The Labute approximate surface area is 166 Å². The first-order valence-corrected chi connectivity index (χ1v) is 10.1. The molecule has 0 amide bonds. The third-order valence-electron chi connectivity index (χ3n) is 4.53. The number of thiophene rings is 1. The van der Waals surface area contributed by atoms with E-state index >= 15 is 0 Å². The first-order valence-electron chi connectivity index (χ1n) is 8.57. The monoisotopic (exact) mass is 408 g/mol. The molecule has 4 nitrogen and oxygen atoms in total. The normalized spacial score (nSPS) is 16.5. The summed E-state index contributed by atoms with van der Waals surface area (Å²) in [6.07, 6.45) is 4.95. The summed E-state index contributed by atoms with van der Waals surface area (Å²) in [6.45, 7) is 3.05. The molecule has 0 bridgehead atoms. The van der Waals surface area contributed by atoms with Gasteiger partial charge in [-0.15, -0.1) is 11.3 Å². The molecule has 0 radical (unpaired) electrons. The van der Waals surface area contributed by atoms with Crippen molar-refractivity contribution in [2.45, 2.75) is 26.2 Å². The minimum Gasteiger partial charge on any atom is -0.488 e. The SMILES string of the molecule is C[C@@H]1CCc2c(sc3ncnc(OCCOc4ccc(Cl)cc4Cl)c23)C1.